The lowest BCUT2D eigenvalue weighted by Crippen LogP contribution is -2.39. The second-order valence-electron chi connectivity index (χ2n) is 4.68. The summed E-state index contributed by atoms with van der Waals surface area (Å²) in [5.74, 6) is 0.141. The van der Waals surface area contributed by atoms with Crippen LogP contribution in [0.3, 0.4) is 0 Å². The summed E-state index contributed by atoms with van der Waals surface area (Å²) in [6.45, 7) is 1.05. The Hall–Kier alpha value is -1.84. The molecular weight excluding hydrogens is 230 g/mol. The van der Waals surface area contributed by atoms with E-state index in [0.717, 1.165) is 24.7 Å². The molecule has 1 atom stereocenters. The number of piperidine rings is 1. The number of likely N-dealkylation sites (tertiary alicyclic amines) is 1. The quantitative estimate of drug-likeness (QED) is 0.834. The number of benzene rings is 1. The first kappa shape index (κ1) is 12.6. The number of nitrogens with zero attached hydrogens (tertiary/aromatic N) is 1. The van der Waals surface area contributed by atoms with Gasteiger partial charge >= 0.3 is 6.09 Å². The van der Waals surface area contributed by atoms with Gasteiger partial charge in [-0.25, -0.2) is 4.79 Å². The minimum atomic E-state index is -0.865. The topological polar surface area (TPSA) is 57.6 Å². The monoisotopic (exact) mass is 247 g/mol. The fourth-order valence-corrected chi connectivity index (χ4v) is 2.59. The molecule has 18 heavy (non-hydrogen) atoms. The lowest BCUT2D eigenvalue weighted by molar-refractivity contribution is -0.110. The van der Waals surface area contributed by atoms with Crippen molar-refractivity contribution < 1.29 is 14.7 Å². The van der Waals surface area contributed by atoms with Crippen LogP contribution in [0, 0.1) is 5.92 Å². The fourth-order valence-electron chi connectivity index (χ4n) is 2.59. The van der Waals surface area contributed by atoms with Crippen molar-refractivity contribution in [1.82, 2.24) is 4.90 Å². The molecule has 0 aliphatic carbocycles. The molecule has 0 radical (unpaired) electrons. The van der Waals surface area contributed by atoms with Gasteiger partial charge in [0, 0.05) is 19.0 Å². The number of carboxylic acid groups (broad SMARTS) is 1. The molecule has 0 spiro atoms. The molecule has 1 fully saturated rings. The van der Waals surface area contributed by atoms with Crippen LogP contribution in [-0.4, -0.2) is 35.5 Å². The van der Waals surface area contributed by atoms with E-state index in [9.17, 15) is 9.59 Å². The summed E-state index contributed by atoms with van der Waals surface area (Å²) in [5, 5.41) is 8.89. The smallest absolute Gasteiger partial charge is 0.407 e. The number of carbonyl (C=O) groups is 2. The second kappa shape index (κ2) is 5.67. The Morgan fingerprint density at radius 2 is 1.89 bits per heavy atom. The molecule has 1 saturated heterocycles. The summed E-state index contributed by atoms with van der Waals surface area (Å²) < 4.78 is 0. The van der Waals surface area contributed by atoms with Gasteiger partial charge < -0.3 is 14.8 Å². The Labute approximate surface area is 106 Å². The van der Waals surface area contributed by atoms with Crippen LogP contribution in [0.5, 0.6) is 0 Å². The molecule has 4 heteroatoms. The van der Waals surface area contributed by atoms with Gasteiger partial charge in [0.05, 0.1) is 0 Å². The Balaban J connectivity index is 2.03. The summed E-state index contributed by atoms with van der Waals surface area (Å²) in [6, 6.07) is 9.71. The van der Waals surface area contributed by atoms with E-state index in [-0.39, 0.29) is 11.8 Å². The van der Waals surface area contributed by atoms with Crippen molar-refractivity contribution in [2.45, 2.75) is 18.8 Å². The van der Waals surface area contributed by atoms with Crippen molar-refractivity contribution in [2.75, 3.05) is 13.1 Å². The van der Waals surface area contributed by atoms with Gasteiger partial charge in [-0.05, 0) is 24.3 Å². The number of amides is 1. The maximum atomic E-state index is 11.3. The van der Waals surface area contributed by atoms with Crippen LogP contribution in [0.2, 0.25) is 0 Å². The van der Waals surface area contributed by atoms with Crippen LogP contribution < -0.4 is 0 Å². The van der Waals surface area contributed by atoms with E-state index in [0.29, 0.717) is 13.1 Å². The first-order chi connectivity index (χ1) is 8.72. The predicted molar refractivity (Wildman–Crippen MR) is 67.6 cm³/mol. The zero-order chi connectivity index (χ0) is 13.0. The summed E-state index contributed by atoms with van der Waals surface area (Å²) >= 11 is 0. The van der Waals surface area contributed by atoms with Crippen LogP contribution in [0.1, 0.15) is 24.3 Å². The Kier molecular flexibility index (Phi) is 3.97. The third-order valence-corrected chi connectivity index (χ3v) is 3.65. The maximum absolute atomic E-state index is 11.3. The Bertz CT molecular complexity index is 410. The summed E-state index contributed by atoms with van der Waals surface area (Å²) in [6.07, 6.45) is 1.64. The van der Waals surface area contributed by atoms with E-state index in [4.69, 9.17) is 5.11 Å². The van der Waals surface area contributed by atoms with E-state index in [1.807, 2.05) is 30.3 Å². The van der Waals surface area contributed by atoms with Gasteiger partial charge in [0.1, 0.15) is 6.29 Å². The molecule has 1 amide bonds. The van der Waals surface area contributed by atoms with Gasteiger partial charge in [-0.2, -0.15) is 0 Å². The van der Waals surface area contributed by atoms with Crippen LogP contribution >= 0.6 is 0 Å². The number of hydrogen-bond donors (Lipinski definition) is 1. The summed E-state index contributed by atoms with van der Waals surface area (Å²) in [4.78, 5) is 23.5. The van der Waals surface area contributed by atoms with E-state index in [1.165, 1.54) is 4.90 Å². The van der Waals surface area contributed by atoms with Crippen molar-refractivity contribution >= 4 is 12.4 Å². The van der Waals surface area contributed by atoms with Gasteiger partial charge in [0.25, 0.3) is 0 Å². The molecule has 1 unspecified atom stereocenters. The molecular formula is C14H17NO3. The van der Waals surface area contributed by atoms with Gasteiger partial charge in [0.2, 0.25) is 0 Å². The highest BCUT2D eigenvalue weighted by Gasteiger charge is 2.28. The van der Waals surface area contributed by atoms with E-state index in [1.54, 1.807) is 0 Å². The summed E-state index contributed by atoms with van der Waals surface area (Å²) in [5.41, 5.74) is 1.03. The molecule has 0 bridgehead atoms. The fraction of sp³-hybridized carbons (Fsp3) is 0.429. The lowest BCUT2D eigenvalue weighted by Gasteiger charge is -2.32. The molecule has 0 saturated carbocycles. The van der Waals surface area contributed by atoms with Gasteiger partial charge in [-0.1, -0.05) is 30.3 Å². The van der Waals surface area contributed by atoms with Gasteiger partial charge in [0.15, 0.2) is 0 Å². The molecule has 4 nitrogen and oxygen atoms in total. The van der Waals surface area contributed by atoms with Crippen molar-refractivity contribution in [3.63, 3.8) is 0 Å². The van der Waals surface area contributed by atoms with Gasteiger partial charge in [-0.3, -0.25) is 0 Å². The normalized spacial score (nSPS) is 18.3. The second-order valence-corrected chi connectivity index (χ2v) is 4.68. The number of carbonyl (C=O) groups excluding carboxylic acids is 1. The minimum absolute atomic E-state index is 0.109. The number of rotatable bonds is 3. The SMILES string of the molecule is O=CC(c1ccccc1)C1CCN(C(=O)O)CC1. The molecule has 2 rings (SSSR count). The van der Waals surface area contributed by atoms with Crippen molar-refractivity contribution in [1.29, 1.82) is 0 Å². The average Bonchev–Trinajstić information content (AvgIpc) is 2.41. The van der Waals surface area contributed by atoms with E-state index in [2.05, 4.69) is 0 Å². The molecule has 1 aliphatic rings. The standard InChI is InChI=1S/C14H17NO3/c16-10-13(11-4-2-1-3-5-11)12-6-8-15(9-7-12)14(17)18/h1-5,10,12-13H,6-9H2,(H,17,18). The minimum Gasteiger partial charge on any atom is -0.465 e. The summed E-state index contributed by atoms with van der Waals surface area (Å²) in [7, 11) is 0. The molecule has 1 N–H and O–H groups in total. The lowest BCUT2D eigenvalue weighted by atomic mass is 9.81. The largest absolute Gasteiger partial charge is 0.465 e. The van der Waals surface area contributed by atoms with Gasteiger partial charge in [-0.15, -0.1) is 0 Å². The molecule has 0 aromatic heterocycles. The van der Waals surface area contributed by atoms with Crippen LogP contribution in [0.4, 0.5) is 4.79 Å². The highest BCUT2D eigenvalue weighted by atomic mass is 16.4. The first-order valence-corrected chi connectivity index (χ1v) is 6.20. The maximum Gasteiger partial charge on any atom is 0.407 e. The average molecular weight is 247 g/mol. The van der Waals surface area contributed by atoms with E-state index >= 15 is 0 Å². The van der Waals surface area contributed by atoms with Crippen molar-refractivity contribution in [3.8, 4) is 0 Å². The van der Waals surface area contributed by atoms with Crippen molar-refractivity contribution in [2.24, 2.45) is 5.92 Å². The molecule has 1 aromatic rings. The zero-order valence-corrected chi connectivity index (χ0v) is 10.2. The van der Waals surface area contributed by atoms with Crippen molar-refractivity contribution in [3.05, 3.63) is 35.9 Å². The predicted octanol–water partition coefficient (Wildman–Crippen LogP) is 2.36. The highest BCUT2D eigenvalue weighted by Crippen LogP contribution is 2.31. The zero-order valence-electron chi connectivity index (χ0n) is 10.2. The Morgan fingerprint density at radius 1 is 1.28 bits per heavy atom. The van der Waals surface area contributed by atoms with Crippen LogP contribution in [0.15, 0.2) is 30.3 Å². The van der Waals surface area contributed by atoms with Crippen LogP contribution in [0.25, 0.3) is 0 Å². The number of aldehydes is 1. The Morgan fingerprint density at radius 3 is 2.39 bits per heavy atom. The molecule has 1 aliphatic heterocycles. The molecule has 1 aromatic carbocycles. The molecule has 1 heterocycles. The third-order valence-electron chi connectivity index (χ3n) is 3.65. The highest BCUT2D eigenvalue weighted by molar-refractivity contribution is 5.65. The van der Waals surface area contributed by atoms with Crippen LogP contribution in [-0.2, 0) is 4.79 Å². The molecule has 96 valence electrons. The third kappa shape index (κ3) is 2.70. The number of hydrogen-bond acceptors (Lipinski definition) is 2. The van der Waals surface area contributed by atoms with E-state index < -0.39 is 6.09 Å². The first-order valence-electron chi connectivity index (χ1n) is 6.20.